The summed E-state index contributed by atoms with van der Waals surface area (Å²) in [5.74, 6) is 0. The maximum absolute atomic E-state index is 10.5. The number of rotatable bonds is 2. The third kappa shape index (κ3) is 2.01. The minimum absolute atomic E-state index is 0.0154. The number of nitro benzene ring substituents is 1. The molecular formula is C10H13N3O4. The van der Waals surface area contributed by atoms with Crippen LogP contribution < -0.4 is 10.6 Å². The monoisotopic (exact) mass is 239 g/mol. The van der Waals surface area contributed by atoms with Crippen LogP contribution in [0.2, 0.25) is 0 Å². The van der Waals surface area contributed by atoms with Gasteiger partial charge in [0.15, 0.2) is 6.35 Å². The highest BCUT2D eigenvalue weighted by molar-refractivity contribution is 5.37. The zero-order valence-electron chi connectivity index (χ0n) is 9.12. The number of nitrogens with one attached hydrogen (secondary N) is 2. The molecule has 3 unspecified atom stereocenters. The molecule has 2 rings (SSSR count). The Bertz CT molecular complexity index is 436. The summed E-state index contributed by atoms with van der Waals surface area (Å²) in [6.45, 7) is 1.70. The van der Waals surface area contributed by atoms with Gasteiger partial charge in [-0.2, -0.15) is 0 Å². The van der Waals surface area contributed by atoms with Crippen LogP contribution in [0, 0.1) is 10.1 Å². The lowest BCUT2D eigenvalue weighted by Gasteiger charge is -2.27. The first-order valence-corrected chi connectivity index (χ1v) is 5.08. The van der Waals surface area contributed by atoms with Gasteiger partial charge in [0, 0.05) is 12.1 Å². The van der Waals surface area contributed by atoms with Gasteiger partial charge in [-0.15, -0.1) is 0 Å². The topological polar surface area (TPSA) is 108 Å². The molecule has 1 saturated heterocycles. The molecule has 0 aromatic heterocycles. The van der Waals surface area contributed by atoms with E-state index in [1.54, 1.807) is 19.1 Å². The van der Waals surface area contributed by atoms with Crippen molar-refractivity contribution in [2.75, 3.05) is 0 Å². The van der Waals surface area contributed by atoms with Crippen LogP contribution in [0.15, 0.2) is 24.3 Å². The molecule has 1 aromatic rings. The maximum atomic E-state index is 10.5. The fourth-order valence-electron chi connectivity index (χ4n) is 1.89. The van der Waals surface area contributed by atoms with Gasteiger partial charge in [-0.05, 0) is 12.5 Å². The Morgan fingerprint density at radius 3 is 2.35 bits per heavy atom. The van der Waals surface area contributed by atoms with Gasteiger partial charge >= 0.3 is 0 Å². The van der Waals surface area contributed by atoms with Gasteiger partial charge in [-0.3, -0.25) is 20.7 Å². The molecule has 7 heteroatoms. The Kier molecular flexibility index (Phi) is 2.84. The van der Waals surface area contributed by atoms with Crippen LogP contribution in [0.5, 0.6) is 0 Å². The van der Waals surface area contributed by atoms with Crippen molar-refractivity contribution >= 4 is 5.69 Å². The number of hydrogen-bond acceptors (Lipinski definition) is 6. The number of non-ortho nitro benzene ring substituents is 1. The Morgan fingerprint density at radius 1 is 1.35 bits per heavy atom. The predicted molar refractivity (Wildman–Crippen MR) is 58.7 cm³/mol. The number of aliphatic hydroxyl groups excluding tert-OH is 2. The molecule has 0 amide bonds. The van der Waals surface area contributed by atoms with Crippen LogP contribution in [0.4, 0.5) is 5.69 Å². The first-order valence-electron chi connectivity index (χ1n) is 5.08. The second kappa shape index (κ2) is 4.04. The largest absolute Gasteiger partial charge is 0.376 e. The Hall–Kier alpha value is -1.54. The highest BCUT2D eigenvalue weighted by Gasteiger charge is 2.43. The molecule has 1 aliphatic rings. The molecule has 0 bridgehead atoms. The lowest BCUT2D eigenvalue weighted by atomic mass is 9.91. The zero-order chi connectivity index (χ0) is 12.6. The van der Waals surface area contributed by atoms with Gasteiger partial charge in [0.2, 0.25) is 0 Å². The van der Waals surface area contributed by atoms with Crippen molar-refractivity contribution in [2.45, 2.75) is 25.0 Å². The molecule has 4 N–H and O–H groups in total. The van der Waals surface area contributed by atoms with Crippen LogP contribution in [-0.2, 0) is 5.54 Å². The quantitative estimate of drug-likeness (QED) is 0.413. The summed E-state index contributed by atoms with van der Waals surface area (Å²) in [6.07, 6.45) is -1.98. The van der Waals surface area contributed by atoms with Crippen molar-refractivity contribution in [1.29, 1.82) is 0 Å². The number of nitro groups is 1. The fourth-order valence-corrected chi connectivity index (χ4v) is 1.89. The summed E-state index contributed by atoms with van der Waals surface area (Å²) in [4.78, 5) is 10.0. The molecule has 17 heavy (non-hydrogen) atoms. The summed E-state index contributed by atoms with van der Waals surface area (Å²) >= 11 is 0. The second-order valence-corrected chi connectivity index (χ2v) is 4.12. The van der Waals surface area contributed by atoms with E-state index in [0.717, 1.165) is 0 Å². The van der Waals surface area contributed by atoms with E-state index in [1.165, 1.54) is 12.1 Å². The first kappa shape index (κ1) is 11.9. The van der Waals surface area contributed by atoms with Gasteiger partial charge in [0.25, 0.3) is 5.69 Å². The number of nitrogens with zero attached hydrogens (tertiary/aromatic N) is 1. The van der Waals surface area contributed by atoms with Gasteiger partial charge in [-0.1, -0.05) is 12.1 Å². The Morgan fingerprint density at radius 2 is 1.94 bits per heavy atom. The molecule has 1 aliphatic heterocycles. The molecular weight excluding hydrogens is 226 g/mol. The van der Waals surface area contributed by atoms with Crippen molar-refractivity contribution < 1.29 is 15.1 Å². The lowest BCUT2D eigenvalue weighted by molar-refractivity contribution is -0.384. The van der Waals surface area contributed by atoms with Crippen LogP contribution in [-0.4, -0.2) is 27.7 Å². The average Bonchev–Trinajstić information content (AvgIpc) is 2.54. The molecule has 3 atom stereocenters. The van der Waals surface area contributed by atoms with Gasteiger partial charge in [0.1, 0.15) is 6.23 Å². The van der Waals surface area contributed by atoms with E-state index in [2.05, 4.69) is 10.6 Å². The van der Waals surface area contributed by atoms with Gasteiger partial charge in [0.05, 0.1) is 10.5 Å². The van der Waals surface area contributed by atoms with Crippen LogP contribution in [0.1, 0.15) is 12.5 Å². The normalized spacial score (nSPS) is 32.6. The SMILES string of the molecule is CC1(c2ccc([N+](=O)[O-])cc2)NC(O)NC1O. The molecule has 0 radical (unpaired) electrons. The van der Waals surface area contributed by atoms with Crippen molar-refractivity contribution in [1.82, 2.24) is 10.6 Å². The zero-order valence-corrected chi connectivity index (χ0v) is 9.12. The molecule has 0 spiro atoms. The number of benzene rings is 1. The fraction of sp³-hybridized carbons (Fsp3) is 0.400. The van der Waals surface area contributed by atoms with Gasteiger partial charge in [-0.25, -0.2) is 0 Å². The Balaban J connectivity index is 2.31. The van der Waals surface area contributed by atoms with E-state index in [1.807, 2.05) is 0 Å². The van der Waals surface area contributed by atoms with Crippen molar-refractivity contribution in [3.05, 3.63) is 39.9 Å². The molecule has 1 fully saturated rings. The van der Waals surface area contributed by atoms with E-state index in [-0.39, 0.29) is 5.69 Å². The lowest BCUT2D eigenvalue weighted by Crippen LogP contribution is -2.43. The van der Waals surface area contributed by atoms with E-state index < -0.39 is 23.0 Å². The highest BCUT2D eigenvalue weighted by Crippen LogP contribution is 2.29. The molecule has 0 aliphatic carbocycles. The maximum Gasteiger partial charge on any atom is 0.269 e. The van der Waals surface area contributed by atoms with Crippen LogP contribution >= 0.6 is 0 Å². The third-order valence-electron chi connectivity index (χ3n) is 2.98. The van der Waals surface area contributed by atoms with Gasteiger partial charge < -0.3 is 10.2 Å². The number of hydrogen-bond donors (Lipinski definition) is 4. The van der Waals surface area contributed by atoms with Crippen molar-refractivity contribution in [2.24, 2.45) is 0 Å². The minimum Gasteiger partial charge on any atom is -0.376 e. The van der Waals surface area contributed by atoms with Crippen LogP contribution in [0.3, 0.4) is 0 Å². The third-order valence-corrected chi connectivity index (χ3v) is 2.98. The van der Waals surface area contributed by atoms with E-state index >= 15 is 0 Å². The molecule has 92 valence electrons. The van der Waals surface area contributed by atoms with Crippen molar-refractivity contribution in [3.63, 3.8) is 0 Å². The molecule has 7 nitrogen and oxygen atoms in total. The van der Waals surface area contributed by atoms with E-state index in [0.29, 0.717) is 5.56 Å². The smallest absolute Gasteiger partial charge is 0.269 e. The highest BCUT2D eigenvalue weighted by atomic mass is 16.6. The van der Waals surface area contributed by atoms with E-state index in [4.69, 9.17) is 0 Å². The average molecular weight is 239 g/mol. The summed E-state index contributed by atoms with van der Waals surface area (Å²) < 4.78 is 0. The summed E-state index contributed by atoms with van der Waals surface area (Å²) in [7, 11) is 0. The molecule has 0 saturated carbocycles. The minimum atomic E-state index is -1.01. The Labute approximate surface area is 97.2 Å². The first-order chi connectivity index (χ1) is 7.93. The molecule has 1 heterocycles. The predicted octanol–water partition coefficient (Wildman–Crippen LogP) is -0.403. The van der Waals surface area contributed by atoms with Crippen molar-refractivity contribution in [3.8, 4) is 0 Å². The molecule has 1 aromatic carbocycles. The van der Waals surface area contributed by atoms with Crippen LogP contribution in [0.25, 0.3) is 0 Å². The number of aliphatic hydroxyl groups is 2. The summed E-state index contributed by atoms with van der Waals surface area (Å²) in [6, 6.07) is 5.82. The van der Waals surface area contributed by atoms with E-state index in [9.17, 15) is 20.3 Å². The summed E-state index contributed by atoms with van der Waals surface area (Å²) in [5.41, 5.74) is -0.243. The second-order valence-electron chi connectivity index (χ2n) is 4.12. The summed E-state index contributed by atoms with van der Waals surface area (Å²) in [5, 5.41) is 34.9. The standard InChI is InChI=1S/C10H13N3O4/c1-10(8(14)11-9(15)12-10)6-2-4-7(5-3-6)13(16)17/h2-5,8-9,11-12,14-15H,1H3.